The smallest absolute Gasteiger partial charge is 0.338 e. The molecule has 11 heteroatoms. The van der Waals surface area contributed by atoms with Crippen LogP contribution in [0, 0.1) is 5.82 Å². The quantitative estimate of drug-likeness (QED) is 0.603. The van der Waals surface area contributed by atoms with Crippen LogP contribution in [0.15, 0.2) is 36.7 Å². The molecule has 2 unspecified atom stereocenters. The molecule has 6 nitrogen and oxygen atoms in total. The van der Waals surface area contributed by atoms with Crippen LogP contribution in [-0.4, -0.2) is 70.5 Å². The molecule has 0 aliphatic carbocycles. The summed E-state index contributed by atoms with van der Waals surface area (Å²) < 4.78 is 52.6. The summed E-state index contributed by atoms with van der Waals surface area (Å²) in [4.78, 5) is 26.9. The number of hydrogen-bond donors (Lipinski definition) is 0. The molecule has 3 fully saturated rings. The molecule has 3 saturated heterocycles. The maximum absolute atomic E-state index is 13.2. The fourth-order valence-corrected chi connectivity index (χ4v) is 5.21. The Labute approximate surface area is 198 Å². The summed E-state index contributed by atoms with van der Waals surface area (Å²) >= 11 is 5.72. The third kappa shape index (κ3) is 4.48. The summed E-state index contributed by atoms with van der Waals surface area (Å²) in [7, 11) is 0. The van der Waals surface area contributed by atoms with Gasteiger partial charge in [0.25, 0.3) is 0 Å². The maximum Gasteiger partial charge on any atom is 0.417 e. The highest BCUT2D eigenvalue weighted by molar-refractivity contribution is 6.31. The Morgan fingerprint density at radius 2 is 1.85 bits per heavy atom. The first-order chi connectivity index (χ1) is 16.2. The highest BCUT2D eigenvalue weighted by atomic mass is 35.5. The van der Waals surface area contributed by atoms with Crippen LogP contribution in [0.5, 0.6) is 0 Å². The fourth-order valence-electron chi connectivity index (χ4n) is 4.98. The van der Waals surface area contributed by atoms with Gasteiger partial charge in [0, 0.05) is 38.3 Å². The van der Waals surface area contributed by atoms with E-state index >= 15 is 0 Å². The third-order valence-corrected chi connectivity index (χ3v) is 7.00. The van der Waals surface area contributed by atoms with Crippen molar-refractivity contribution < 1.29 is 22.4 Å². The standard InChI is InChI=1S/C23H22ClF4N5O/c24-20-2-1-15(7-19(20)23(26,27)28)14-3-5-32(6-4-14)21(34)13-31-11-17-8-18(12-31)33(17)22-29-9-16(25)10-30-22/h1-3,7,9-10,17-18H,4-6,8,11-13H2. The van der Waals surface area contributed by atoms with Gasteiger partial charge in [-0.2, -0.15) is 13.2 Å². The number of amides is 1. The summed E-state index contributed by atoms with van der Waals surface area (Å²) in [5, 5.41) is -0.325. The molecule has 0 N–H and O–H groups in total. The van der Waals surface area contributed by atoms with Crippen molar-refractivity contribution in [1.82, 2.24) is 19.8 Å². The molecule has 2 aromatic rings. The monoisotopic (exact) mass is 495 g/mol. The van der Waals surface area contributed by atoms with Gasteiger partial charge in [-0.05, 0) is 36.1 Å². The van der Waals surface area contributed by atoms with Crippen LogP contribution >= 0.6 is 11.6 Å². The third-order valence-electron chi connectivity index (χ3n) is 6.67. The second-order valence-electron chi connectivity index (χ2n) is 8.86. The summed E-state index contributed by atoms with van der Waals surface area (Å²) in [6.07, 6.45) is 1.07. The summed E-state index contributed by atoms with van der Waals surface area (Å²) in [5.74, 6) is 0.0312. The van der Waals surface area contributed by atoms with E-state index in [1.807, 2.05) is 6.08 Å². The van der Waals surface area contributed by atoms with E-state index in [-0.39, 0.29) is 29.6 Å². The molecule has 180 valence electrons. The average molecular weight is 496 g/mol. The van der Waals surface area contributed by atoms with Crippen LogP contribution in [0.1, 0.15) is 24.0 Å². The van der Waals surface area contributed by atoms with E-state index in [0.717, 1.165) is 30.5 Å². The number of nitrogens with zero attached hydrogens (tertiary/aromatic N) is 5. The van der Waals surface area contributed by atoms with E-state index < -0.39 is 17.6 Å². The van der Waals surface area contributed by atoms with Gasteiger partial charge in [0.2, 0.25) is 11.9 Å². The Hall–Kier alpha value is -2.72. The van der Waals surface area contributed by atoms with Crippen LogP contribution in [-0.2, 0) is 11.0 Å². The van der Waals surface area contributed by atoms with Gasteiger partial charge in [-0.25, -0.2) is 14.4 Å². The first-order valence-electron chi connectivity index (χ1n) is 11.0. The number of piperidine rings is 1. The van der Waals surface area contributed by atoms with Crippen LogP contribution in [0.3, 0.4) is 0 Å². The number of anilines is 1. The zero-order valence-corrected chi connectivity index (χ0v) is 18.9. The largest absolute Gasteiger partial charge is 0.417 e. The van der Waals surface area contributed by atoms with Gasteiger partial charge in [-0.3, -0.25) is 9.69 Å². The Kier molecular flexibility index (Phi) is 5.97. The number of halogens is 5. The zero-order chi connectivity index (χ0) is 24.0. The number of hydrogen-bond acceptors (Lipinski definition) is 5. The van der Waals surface area contributed by atoms with Gasteiger partial charge in [-0.15, -0.1) is 0 Å². The van der Waals surface area contributed by atoms with Crippen molar-refractivity contribution in [2.45, 2.75) is 31.1 Å². The van der Waals surface area contributed by atoms with Crippen molar-refractivity contribution in [3.8, 4) is 0 Å². The highest BCUT2D eigenvalue weighted by Crippen LogP contribution is 2.37. The van der Waals surface area contributed by atoms with E-state index in [4.69, 9.17) is 11.6 Å². The molecule has 2 bridgehead atoms. The normalized spacial score (nSPS) is 22.9. The van der Waals surface area contributed by atoms with Crippen molar-refractivity contribution >= 4 is 29.0 Å². The van der Waals surface area contributed by atoms with E-state index in [0.29, 0.717) is 44.1 Å². The van der Waals surface area contributed by atoms with Gasteiger partial charge in [0.05, 0.1) is 29.5 Å². The highest BCUT2D eigenvalue weighted by Gasteiger charge is 2.46. The molecule has 0 radical (unpaired) electrons. The number of rotatable bonds is 4. The summed E-state index contributed by atoms with van der Waals surface area (Å²) in [5.41, 5.74) is 0.401. The van der Waals surface area contributed by atoms with Crippen molar-refractivity contribution in [3.63, 3.8) is 0 Å². The first kappa shape index (κ1) is 23.0. The number of fused-ring (bicyclic) bond motifs is 2. The average Bonchev–Trinajstić information content (AvgIpc) is 2.80. The van der Waals surface area contributed by atoms with Crippen molar-refractivity contribution in [2.24, 2.45) is 0 Å². The van der Waals surface area contributed by atoms with Crippen LogP contribution in [0.2, 0.25) is 5.02 Å². The minimum atomic E-state index is -4.52. The number of carbonyl (C=O) groups is 1. The predicted octanol–water partition coefficient (Wildman–Crippen LogP) is 3.87. The SMILES string of the molecule is O=C(CN1CC2CC(C1)N2c1ncc(F)cn1)N1CC=C(c2ccc(Cl)c(C(F)(F)F)c2)CC1. The number of alkyl halides is 3. The molecule has 5 heterocycles. The Morgan fingerprint density at radius 3 is 2.47 bits per heavy atom. The van der Waals surface area contributed by atoms with Gasteiger partial charge in [0.15, 0.2) is 5.82 Å². The fraction of sp³-hybridized carbons (Fsp3) is 0.435. The second-order valence-corrected chi connectivity index (χ2v) is 9.26. The Balaban J connectivity index is 1.17. The van der Waals surface area contributed by atoms with Gasteiger partial charge >= 0.3 is 6.18 Å². The molecule has 6 rings (SSSR count). The number of aromatic nitrogens is 2. The lowest BCUT2D eigenvalue weighted by Crippen LogP contribution is -2.70. The molecule has 1 aromatic carbocycles. The molecule has 0 spiro atoms. The second kappa shape index (κ2) is 8.81. The molecule has 2 atom stereocenters. The Bertz CT molecular complexity index is 1110. The topological polar surface area (TPSA) is 52.6 Å². The van der Waals surface area contributed by atoms with Crippen molar-refractivity contribution in [1.29, 1.82) is 0 Å². The van der Waals surface area contributed by atoms with Gasteiger partial charge in [-0.1, -0.05) is 23.7 Å². The van der Waals surface area contributed by atoms with E-state index in [9.17, 15) is 22.4 Å². The lowest BCUT2D eigenvalue weighted by atomic mass is 9.88. The molecular formula is C23H22ClF4N5O. The van der Waals surface area contributed by atoms with Gasteiger partial charge < -0.3 is 9.80 Å². The number of carbonyl (C=O) groups excluding carboxylic acids is 1. The van der Waals surface area contributed by atoms with Crippen molar-refractivity contribution in [2.75, 3.05) is 37.6 Å². The van der Waals surface area contributed by atoms with E-state index in [2.05, 4.69) is 19.8 Å². The molecule has 1 aromatic heterocycles. The minimum absolute atomic E-state index is 0.00623. The molecule has 1 amide bonds. The van der Waals surface area contributed by atoms with Crippen LogP contribution in [0.25, 0.3) is 5.57 Å². The molecule has 4 aliphatic heterocycles. The van der Waals surface area contributed by atoms with E-state index in [1.54, 1.807) is 11.0 Å². The lowest BCUT2D eigenvalue weighted by molar-refractivity contribution is -0.137. The molecule has 0 saturated carbocycles. The minimum Gasteiger partial charge on any atom is -0.338 e. The lowest BCUT2D eigenvalue weighted by Gasteiger charge is -2.56. The van der Waals surface area contributed by atoms with E-state index in [1.165, 1.54) is 6.07 Å². The molecule has 34 heavy (non-hydrogen) atoms. The molecular weight excluding hydrogens is 474 g/mol. The van der Waals surface area contributed by atoms with Crippen LogP contribution < -0.4 is 4.90 Å². The summed E-state index contributed by atoms with van der Waals surface area (Å²) in [6.45, 7) is 2.48. The number of benzene rings is 1. The van der Waals surface area contributed by atoms with Crippen LogP contribution in [0.4, 0.5) is 23.5 Å². The maximum atomic E-state index is 13.2. The van der Waals surface area contributed by atoms with Crippen molar-refractivity contribution in [3.05, 3.63) is 58.6 Å². The Morgan fingerprint density at radius 1 is 1.15 bits per heavy atom. The summed E-state index contributed by atoms with van der Waals surface area (Å²) in [6, 6.07) is 4.30. The first-order valence-corrected chi connectivity index (χ1v) is 11.4. The van der Waals surface area contributed by atoms with Gasteiger partial charge in [0.1, 0.15) is 0 Å². The zero-order valence-electron chi connectivity index (χ0n) is 18.1. The number of piperazine rings is 1. The molecule has 4 aliphatic rings. The predicted molar refractivity (Wildman–Crippen MR) is 119 cm³/mol.